The zero-order valence-electron chi connectivity index (χ0n) is 12.2. The molecule has 0 heterocycles. The first-order chi connectivity index (χ1) is 9.99. The summed E-state index contributed by atoms with van der Waals surface area (Å²) in [6.45, 7) is 4.62. The molecule has 0 aromatic heterocycles. The Morgan fingerprint density at radius 2 is 1.90 bits per heavy atom. The number of halogens is 1. The molecule has 110 valence electrons. The molecule has 0 aliphatic heterocycles. The van der Waals surface area contributed by atoms with Gasteiger partial charge in [-0.25, -0.2) is 0 Å². The first kappa shape index (κ1) is 15.8. The lowest BCUT2D eigenvalue weighted by molar-refractivity contribution is 0.0689. The lowest BCUT2D eigenvalue weighted by atomic mass is 10.1. The van der Waals surface area contributed by atoms with E-state index in [1.165, 1.54) is 0 Å². The van der Waals surface area contributed by atoms with Gasteiger partial charge in [-0.2, -0.15) is 0 Å². The Morgan fingerprint density at radius 3 is 2.52 bits per heavy atom. The van der Waals surface area contributed by atoms with Crippen molar-refractivity contribution in [2.45, 2.75) is 26.4 Å². The van der Waals surface area contributed by atoms with Gasteiger partial charge in [-0.05, 0) is 66.3 Å². The standard InChI is InChI=1S/C17H19IN2O/c1-12(2)20(11-13-6-5-7-14(19)10-13)17(21)15-8-3-4-9-16(15)18/h3-10,12H,11,19H2,1-2H3. The number of nitrogens with zero attached hydrogens (tertiary/aromatic N) is 1. The van der Waals surface area contributed by atoms with Gasteiger partial charge >= 0.3 is 0 Å². The minimum absolute atomic E-state index is 0.0532. The van der Waals surface area contributed by atoms with E-state index in [-0.39, 0.29) is 11.9 Å². The summed E-state index contributed by atoms with van der Waals surface area (Å²) in [5, 5.41) is 0. The lowest BCUT2D eigenvalue weighted by Crippen LogP contribution is -2.36. The summed E-state index contributed by atoms with van der Waals surface area (Å²) < 4.78 is 0.971. The Labute approximate surface area is 139 Å². The molecular formula is C17H19IN2O. The van der Waals surface area contributed by atoms with Crippen LogP contribution in [0.4, 0.5) is 5.69 Å². The van der Waals surface area contributed by atoms with Gasteiger partial charge in [0.2, 0.25) is 0 Å². The van der Waals surface area contributed by atoms with Gasteiger partial charge in [0.15, 0.2) is 0 Å². The number of rotatable bonds is 4. The van der Waals surface area contributed by atoms with Crippen molar-refractivity contribution >= 4 is 34.2 Å². The molecule has 0 saturated carbocycles. The molecule has 2 aromatic carbocycles. The molecule has 21 heavy (non-hydrogen) atoms. The Bertz CT molecular complexity index is 640. The smallest absolute Gasteiger partial charge is 0.255 e. The van der Waals surface area contributed by atoms with Gasteiger partial charge in [-0.3, -0.25) is 4.79 Å². The Kier molecular flexibility index (Phi) is 5.22. The second-order valence-electron chi connectivity index (χ2n) is 5.25. The maximum absolute atomic E-state index is 12.8. The van der Waals surface area contributed by atoms with E-state index in [1.54, 1.807) is 0 Å². The summed E-state index contributed by atoms with van der Waals surface area (Å²) in [7, 11) is 0. The van der Waals surface area contributed by atoms with Crippen LogP contribution in [-0.4, -0.2) is 16.8 Å². The summed E-state index contributed by atoms with van der Waals surface area (Å²) in [6, 6.07) is 15.5. The second-order valence-corrected chi connectivity index (χ2v) is 6.41. The highest BCUT2D eigenvalue weighted by Crippen LogP contribution is 2.18. The second kappa shape index (κ2) is 6.93. The SMILES string of the molecule is CC(C)N(Cc1cccc(N)c1)C(=O)c1ccccc1I. The average Bonchev–Trinajstić information content (AvgIpc) is 2.44. The summed E-state index contributed by atoms with van der Waals surface area (Å²) in [5.41, 5.74) is 8.33. The zero-order valence-corrected chi connectivity index (χ0v) is 14.4. The third-order valence-electron chi connectivity index (χ3n) is 3.29. The van der Waals surface area contributed by atoms with Gasteiger partial charge in [-0.1, -0.05) is 24.3 Å². The number of amides is 1. The van der Waals surface area contributed by atoms with Gasteiger partial charge in [0, 0.05) is 21.8 Å². The molecule has 0 unspecified atom stereocenters. The predicted octanol–water partition coefficient (Wildman–Crippen LogP) is 3.92. The summed E-state index contributed by atoms with van der Waals surface area (Å²) in [4.78, 5) is 14.7. The molecule has 0 fully saturated rings. The summed E-state index contributed by atoms with van der Waals surface area (Å²) in [5.74, 6) is 0.0532. The van der Waals surface area contributed by atoms with E-state index >= 15 is 0 Å². The Balaban J connectivity index is 2.27. The molecule has 0 radical (unpaired) electrons. The van der Waals surface area contributed by atoms with E-state index < -0.39 is 0 Å². The number of hydrogen-bond donors (Lipinski definition) is 1. The highest BCUT2D eigenvalue weighted by atomic mass is 127. The van der Waals surface area contributed by atoms with E-state index in [0.29, 0.717) is 6.54 Å². The quantitative estimate of drug-likeness (QED) is 0.631. The highest BCUT2D eigenvalue weighted by molar-refractivity contribution is 14.1. The summed E-state index contributed by atoms with van der Waals surface area (Å²) in [6.07, 6.45) is 0. The van der Waals surface area contributed by atoms with Crippen LogP contribution in [0.1, 0.15) is 29.8 Å². The molecule has 0 atom stereocenters. The first-order valence-electron chi connectivity index (χ1n) is 6.89. The lowest BCUT2D eigenvalue weighted by Gasteiger charge is -2.27. The molecule has 3 nitrogen and oxygen atoms in total. The largest absolute Gasteiger partial charge is 0.399 e. The van der Waals surface area contributed by atoms with E-state index in [0.717, 1.165) is 20.4 Å². The minimum atomic E-state index is 0.0532. The topological polar surface area (TPSA) is 46.3 Å². The normalized spacial score (nSPS) is 10.7. The number of carbonyl (C=O) groups excluding carboxylic acids is 1. The monoisotopic (exact) mass is 394 g/mol. The number of benzene rings is 2. The third-order valence-corrected chi connectivity index (χ3v) is 4.23. The van der Waals surface area contributed by atoms with Crippen molar-refractivity contribution in [2.24, 2.45) is 0 Å². The Hall–Kier alpha value is -1.56. The third kappa shape index (κ3) is 3.97. The van der Waals surface area contributed by atoms with Gasteiger partial charge in [0.25, 0.3) is 5.91 Å². The molecule has 0 saturated heterocycles. The molecule has 2 rings (SSSR count). The average molecular weight is 394 g/mol. The van der Waals surface area contributed by atoms with Gasteiger partial charge in [0.05, 0.1) is 5.56 Å². The van der Waals surface area contributed by atoms with Gasteiger partial charge in [-0.15, -0.1) is 0 Å². The zero-order chi connectivity index (χ0) is 15.4. The maximum atomic E-state index is 12.8. The number of anilines is 1. The van der Waals surface area contributed by atoms with E-state index in [9.17, 15) is 4.79 Å². The van der Waals surface area contributed by atoms with Crippen molar-refractivity contribution < 1.29 is 4.79 Å². The van der Waals surface area contributed by atoms with Crippen LogP contribution in [0.5, 0.6) is 0 Å². The highest BCUT2D eigenvalue weighted by Gasteiger charge is 2.20. The van der Waals surface area contributed by atoms with E-state index in [1.807, 2.05) is 67.3 Å². The minimum Gasteiger partial charge on any atom is -0.399 e. The van der Waals surface area contributed by atoms with Crippen molar-refractivity contribution in [3.05, 3.63) is 63.2 Å². The Morgan fingerprint density at radius 1 is 1.19 bits per heavy atom. The predicted molar refractivity (Wildman–Crippen MR) is 95.0 cm³/mol. The molecule has 0 bridgehead atoms. The molecule has 2 aromatic rings. The maximum Gasteiger partial charge on any atom is 0.255 e. The molecule has 0 aliphatic carbocycles. The van der Waals surface area contributed by atoms with Crippen LogP contribution in [0.15, 0.2) is 48.5 Å². The van der Waals surface area contributed by atoms with Crippen LogP contribution in [0.2, 0.25) is 0 Å². The van der Waals surface area contributed by atoms with Gasteiger partial charge < -0.3 is 10.6 Å². The number of hydrogen-bond acceptors (Lipinski definition) is 2. The first-order valence-corrected chi connectivity index (χ1v) is 7.97. The molecule has 2 N–H and O–H groups in total. The number of nitrogen functional groups attached to an aromatic ring is 1. The van der Waals surface area contributed by atoms with Crippen LogP contribution >= 0.6 is 22.6 Å². The van der Waals surface area contributed by atoms with Crippen molar-refractivity contribution in [1.29, 1.82) is 0 Å². The van der Waals surface area contributed by atoms with Crippen LogP contribution in [-0.2, 0) is 6.54 Å². The summed E-state index contributed by atoms with van der Waals surface area (Å²) >= 11 is 2.20. The molecule has 0 spiro atoms. The fraction of sp³-hybridized carbons (Fsp3) is 0.235. The number of nitrogens with two attached hydrogens (primary N) is 1. The van der Waals surface area contributed by atoms with Gasteiger partial charge in [0.1, 0.15) is 0 Å². The van der Waals surface area contributed by atoms with Crippen LogP contribution in [0.3, 0.4) is 0 Å². The molecule has 4 heteroatoms. The number of carbonyl (C=O) groups is 1. The molecular weight excluding hydrogens is 375 g/mol. The van der Waals surface area contributed by atoms with Crippen molar-refractivity contribution in [3.63, 3.8) is 0 Å². The van der Waals surface area contributed by atoms with E-state index in [4.69, 9.17) is 5.73 Å². The van der Waals surface area contributed by atoms with E-state index in [2.05, 4.69) is 22.6 Å². The fourth-order valence-corrected chi connectivity index (χ4v) is 2.78. The van der Waals surface area contributed by atoms with Crippen LogP contribution < -0.4 is 5.73 Å². The van der Waals surface area contributed by atoms with Crippen molar-refractivity contribution in [1.82, 2.24) is 4.90 Å². The molecule has 1 amide bonds. The molecule has 0 aliphatic rings. The fourth-order valence-electron chi connectivity index (χ4n) is 2.17. The van der Waals surface area contributed by atoms with Crippen LogP contribution in [0.25, 0.3) is 0 Å². The van der Waals surface area contributed by atoms with Crippen LogP contribution in [0, 0.1) is 3.57 Å². The van der Waals surface area contributed by atoms with Crippen molar-refractivity contribution in [3.8, 4) is 0 Å². The van der Waals surface area contributed by atoms with Crippen molar-refractivity contribution in [2.75, 3.05) is 5.73 Å².